The van der Waals surface area contributed by atoms with E-state index in [1.54, 1.807) is 24.2 Å². The van der Waals surface area contributed by atoms with Gasteiger partial charge in [0.15, 0.2) is 5.16 Å². The van der Waals surface area contributed by atoms with Gasteiger partial charge in [-0.1, -0.05) is 23.9 Å². The molecule has 0 fully saturated rings. The number of fused-ring (bicyclic) bond motifs is 1. The molecule has 0 bridgehead atoms. The number of rotatable bonds is 2. The molecule has 104 valence electrons. The van der Waals surface area contributed by atoms with Crippen LogP contribution in [0, 0.1) is 5.82 Å². The molecule has 3 nitrogen and oxygen atoms in total. The highest BCUT2D eigenvalue weighted by atomic mass is 32.2. The van der Waals surface area contributed by atoms with Crippen LogP contribution < -0.4 is 0 Å². The van der Waals surface area contributed by atoms with Gasteiger partial charge >= 0.3 is 0 Å². The summed E-state index contributed by atoms with van der Waals surface area (Å²) >= 11 is 1.72. The quantitative estimate of drug-likeness (QED) is 0.718. The van der Waals surface area contributed by atoms with Crippen molar-refractivity contribution in [3.05, 3.63) is 66.4 Å². The van der Waals surface area contributed by atoms with Crippen LogP contribution in [0.4, 0.5) is 4.39 Å². The van der Waals surface area contributed by atoms with Crippen molar-refractivity contribution in [3.8, 4) is 11.3 Å². The number of benzene rings is 1. The van der Waals surface area contributed by atoms with Crippen LogP contribution in [0.5, 0.6) is 0 Å². The number of imidazole rings is 1. The Bertz CT molecular complexity index is 768. The fourth-order valence-electron chi connectivity index (χ4n) is 2.56. The average Bonchev–Trinajstić information content (AvgIpc) is 3.09. The predicted molar refractivity (Wildman–Crippen MR) is 80.5 cm³/mol. The monoisotopic (exact) mass is 297 g/mol. The third-order valence-corrected chi connectivity index (χ3v) is 4.88. The van der Waals surface area contributed by atoms with Gasteiger partial charge in [-0.05, 0) is 29.8 Å². The Kier molecular flexibility index (Phi) is 3.00. The van der Waals surface area contributed by atoms with E-state index in [1.807, 2.05) is 30.5 Å². The molecule has 1 aromatic carbocycles. The summed E-state index contributed by atoms with van der Waals surface area (Å²) in [6, 6.07) is 10.7. The zero-order chi connectivity index (χ0) is 14.2. The predicted octanol–water partition coefficient (Wildman–Crippen LogP) is 3.93. The number of hydrogen-bond donors (Lipinski definition) is 0. The van der Waals surface area contributed by atoms with Crippen molar-refractivity contribution in [3.63, 3.8) is 0 Å². The molecule has 1 unspecified atom stereocenters. The summed E-state index contributed by atoms with van der Waals surface area (Å²) in [4.78, 5) is 8.55. The molecule has 1 atom stereocenters. The number of pyridine rings is 1. The Labute approximate surface area is 125 Å². The molecule has 21 heavy (non-hydrogen) atoms. The van der Waals surface area contributed by atoms with Crippen molar-refractivity contribution in [2.24, 2.45) is 0 Å². The summed E-state index contributed by atoms with van der Waals surface area (Å²) in [6.07, 6.45) is 5.47. The van der Waals surface area contributed by atoms with Crippen LogP contribution in [-0.2, 0) is 6.54 Å². The molecule has 0 amide bonds. The molecule has 1 aliphatic heterocycles. The first kappa shape index (κ1) is 12.6. The van der Waals surface area contributed by atoms with Crippen LogP contribution in [0.3, 0.4) is 0 Å². The normalized spacial score (nSPS) is 16.9. The summed E-state index contributed by atoms with van der Waals surface area (Å²) in [5.41, 5.74) is 3.35. The zero-order valence-corrected chi connectivity index (χ0v) is 11.9. The van der Waals surface area contributed by atoms with E-state index in [0.29, 0.717) is 0 Å². The molecule has 4 rings (SSSR count). The molecule has 1 aliphatic rings. The van der Waals surface area contributed by atoms with Crippen molar-refractivity contribution in [2.45, 2.75) is 17.0 Å². The van der Waals surface area contributed by atoms with Gasteiger partial charge < -0.3 is 4.57 Å². The molecular weight excluding hydrogens is 285 g/mol. The van der Waals surface area contributed by atoms with E-state index in [2.05, 4.69) is 14.5 Å². The van der Waals surface area contributed by atoms with Crippen LogP contribution in [-0.4, -0.2) is 14.5 Å². The van der Waals surface area contributed by atoms with Gasteiger partial charge in [-0.3, -0.25) is 4.98 Å². The topological polar surface area (TPSA) is 30.7 Å². The number of thioether (sulfide) groups is 1. The summed E-state index contributed by atoms with van der Waals surface area (Å²) in [5, 5.41) is 1.30. The second-order valence-electron chi connectivity index (χ2n) is 4.93. The third-order valence-electron chi connectivity index (χ3n) is 3.63. The molecule has 5 heteroatoms. The standard InChI is InChI=1S/C16H12FN3S/c17-13-3-1-12(2-4-13)15-10-20-14(9-19-16(20)21-15)11-5-7-18-8-6-11/h1-9,15H,10H2. The maximum atomic E-state index is 13.0. The molecule has 0 radical (unpaired) electrons. The number of halogens is 1. The highest BCUT2D eigenvalue weighted by Crippen LogP contribution is 2.44. The van der Waals surface area contributed by atoms with E-state index in [4.69, 9.17) is 0 Å². The van der Waals surface area contributed by atoms with Gasteiger partial charge in [-0.2, -0.15) is 0 Å². The smallest absolute Gasteiger partial charge is 0.169 e. The first-order valence-electron chi connectivity index (χ1n) is 6.69. The van der Waals surface area contributed by atoms with Gasteiger partial charge in [-0.25, -0.2) is 9.37 Å². The van der Waals surface area contributed by atoms with Crippen molar-refractivity contribution in [2.75, 3.05) is 0 Å². The lowest BCUT2D eigenvalue weighted by molar-refractivity contribution is 0.625. The molecule has 2 aromatic heterocycles. The Morgan fingerprint density at radius 2 is 1.86 bits per heavy atom. The highest BCUT2D eigenvalue weighted by molar-refractivity contribution is 7.99. The van der Waals surface area contributed by atoms with Crippen molar-refractivity contribution >= 4 is 11.8 Å². The Morgan fingerprint density at radius 3 is 2.62 bits per heavy atom. The van der Waals surface area contributed by atoms with Gasteiger partial charge in [0.1, 0.15) is 5.82 Å². The molecule has 0 N–H and O–H groups in total. The number of hydrogen-bond acceptors (Lipinski definition) is 3. The summed E-state index contributed by atoms with van der Waals surface area (Å²) in [7, 11) is 0. The van der Waals surface area contributed by atoms with Crippen molar-refractivity contribution < 1.29 is 4.39 Å². The Morgan fingerprint density at radius 1 is 1.10 bits per heavy atom. The molecular formula is C16H12FN3S. The lowest BCUT2D eigenvalue weighted by Crippen LogP contribution is -2.00. The van der Waals surface area contributed by atoms with E-state index >= 15 is 0 Å². The zero-order valence-electron chi connectivity index (χ0n) is 11.1. The summed E-state index contributed by atoms with van der Waals surface area (Å²) in [6.45, 7) is 0.850. The minimum atomic E-state index is -0.197. The Balaban J connectivity index is 1.66. The van der Waals surface area contributed by atoms with Crippen LogP contribution >= 0.6 is 11.8 Å². The summed E-state index contributed by atoms with van der Waals surface area (Å²) < 4.78 is 15.2. The van der Waals surface area contributed by atoms with Gasteiger partial charge in [0.05, 0.1) is 17.1 Å². The Hall–Kier alpha value is -2.14. The van der Waals surface area contributed by atoms with Crippen LogP contribution in [0.15, 0.2) is 60.1 Å². The van der Waals surface area contributed by atoms with Gasteiger partial charge in [-0.15, -0.1) is 0 Å². The number of nitrogens with zero attached hydrogens (tertiary/aromatic N) is 3. The molecule has 0 aliphatic carbocycles. The van der Waals surface area contributed by atoms with E-state index in [-0.39, 0.29) is 11.1 Å². The minimum absolute atomic E-state index is 0.197. The van der Waals surface area contributed by atoms with Gasteiger partial charge in [0, 0.05) is 24.5 Å². The van der Waals surface area contributed by atoms with E-state index in [1.165, 1.54) is 12.1 Å². The lowest BCUT2D eigenvalue weighted by atomic mass is 10.1. The molecule has 0 saturated carbocycles. The highest BCUT2D eigenvalue weighted by Gasteiger charge is 2.27. The maximum Gasteiger partial charge on any atom is 0.169 e. The van der Waals surface area contributed by atoms with Crippen molar-refractivity contribution in [1.29, 1.82) is 0 Å². The molecule has 0 spiro atoms. The molecule has 0 saturated heterocycles. The van der Waals surface area contributed by atoms with Crippen molar-refractivity contribution in [1.82, 2.24) is 14.5 Å². The number of aromatic nitrogens is 3. The first-order valence-corrected chi connectivity index (χ1v) is 7.57. The maximum absolute atomic E-state index is 13.0. The third kappa shape index (κ3) is 2.23. The molecule has 3 aromatic rings. The second kappa shape index (κ2) is 5.00. The van der Waals surface area contributed by atoms with Crippen LogP contribution in [0.2, 0.25) is 0 Å². The van der Waals surface area contributed by atoms with E-state index < -0.39 is 0 Å². The van der Waals surface area contributed by atoms with E-state index in [0.717, 1.165) is 28.5 Å². The average molecular weight is 297 g/mol. The van der Waals surface area contributed by atoms with Gasteiger partial charge in [0.25, 0.3) is 0 Å². The summed E-state index contributed by atoms with van der Waals surface area (Å²) in [5.74, 6) is -0.197. The molecule has 3 heterocycles. The second-order valence-corrected chi connectivity index (χ2v) is 6.10. The first-order chi connectivity index (χ1) is 10.3. The minimum Gasteiger partial charge on any atom is -0.317 e. The fourth-order valence-corrected chi connectivity index (χ4v) is 3.75. The van der Waals surface area contributed by atoms with Crippen LogP contribution in [0.25, 0.3) is 11.3 Å². The van der Waals surface area contributed by atoms with Gasteiger partial charge in [0.2, 0.25) is 0 Å². The fraction of sp³-hybridized carbons (Fsp3) is 0.125. The largest absolute Gasteiger partial charge is 0.317 e. The lowest BCUT2D eigenvalue weighted by Gasteiger charge is -2.09. The SMILES string of the molecule is Fc1ccc(C2Cn3c(-c4ccncc4)cnc3S2)cc1. The van der Waals surface area contributed by atoms with E-state index in [9.17, 15) is 4.39 Å². The van der Waals surface area contributed by atoms with Crippen LogP contribution in [0.1, 0.15) is 10.8 Å².